The van der Waals surface area contributed by atoms with Crippen LogP contribution in [-0.2, 0) is 4.79 Å². The highest BCUT2D eigenvalue weighted by molar-refractivity contribution is 5.83. The normalized spacial score (nSPS) is 12.2. The molecule has 0 radical (unpaired) electrons. The van der Waals surface area contributed by atoms with Crippen molar-refractivity contribution in [1.82, 2.24) is 5.32 Å². The van der Waals surface area contributed by atoms with Crippen molar-refractivity contribution >= 4 is 16.7 Å². The summed E-state index contributed by atoms with van der Waals surface area (Å²) >= 11 is 0. The van der Waals surface area contributed by atoms with Gasteiger partial charge in [-0.3, -0.25) is 4.79 Å². The monoisotopic (exact) mass is 286 g/mol. The molecule has 0 saturated heterocycles. The van der Waals surface area contributed by atoms with Gasteiger partial charge in [-0.15, -0.1) is 0 Å². The molecule has 4 nitrogen and oxygen atoms in total. The standard InChI is InChI=1S/C17H22N2O2/c1-2-10-19-16(17(18)20)9-11-21-15-8-7-13-5-3-4-6-14(13)12-15/h3-8,12,16,19H,2,9-11H2,1H3,(H2,18,20). The Bertz CT molecular complexity index is 598. The summed E-state index contributed by atoms with van der Waals surface area (Å²) in [7, 11) is 0. The minimum Gasteiger partial charge on any atom is -0.493 e. The van der Waals surface area contributed by atoms with Crippen molar-refractivity contribution < 1.29 is 9.53 Å². The molecule has 1 atom stereocenters. The number of hydrogen-bond donors (Lipinski definition) is 2. The first-order chi connectivity index (χ1) is 10.2. The second-order valence-electron chi connectivity index (χ2n) is 5.06. The van der Waals surface area contributed by atoms with Crippen LogP contribution in [-0.4, -0.2) is 25.1 Å². The zero-order chi connectivity index (χ0) is 15.1. The minimum atomic E-state index is -0.328. The summed E-state index contributed by atoms with van der Waals surface area (Å²) in [6.07, 6.45) is 1.54. The fraction of sp³-hybridized carbons (Fsp3) is 0.353. The van der Waals surface area contributed by atoms with Crippen molar-refractivity contribution in [3.63, 3.8) is 0 Å². The van der Waals surface area contributed by atoms with Crippen LogP contribution in [0.5, 0.6) is 5.75 Å². The highest BCUT2D eigenvalue weighted by atomic mass is 16.5. The predicted molar refractivity (Wildman–Crippen MR) is 85.3 cm³/mol. The average Bonchev–Trinajstić information content (AvgIpc) is 2.50. The fourth-order valence-corrected chi connectivity index (χ4v) is 2.22. The molecule has 1 unspecified atom stereocenters. The molecular formula is C17H22N2O2. The largest absolute Gasteiger partial charge is 0.493 e. The fourth-order valence-electron chi connectivity index (χ4n) is 2.22. The lowest BCUT2D eigenvalue weighted by Gasteiger charge is -2.15. The number of carbonyl (C=O) groups excluding carboxylic acids is 1. The number of nitrogens with one attached hydrogen (secondary N) is 1. The number of amides is 1. The van der Waals surface area contributed by atoms with Gasteiger partial charge in [-0.05, 0) is 35.9 Å². The van der Waals surface area contributed by atoms with E-state index in [2.05, 4.69) is 24.4 Å². The second-order valence-corrected chi connectivity index (χ2v) is 5.06. The Morgan fingerprint density at radius 1 is 1.24 bits per heavy atom. The third-order valence-electron chi connectivity index (χ3n) is 3.38. The zero-order valence-electron chi connectivity index (χ0n) is 12.3. The van der Waals surface area contributed by atoms with Crippen LogP contribution in [0, 0.1) is 0 Å². The number of ether oxygens (including phenoxy) is 1. The first-order valence-corrected chi connectivity index (χ1v) is 7.35. The number of nitrogens with two attached hydrogens (primary N) is 1. The maximum absolute atomic E-state index is 11.3. The highest BCUT2D eigenvalue weighted by Crippen LogP contribution is 2.20. The average molecular weight is 286 g/mol. The van der Waals surface area contributed by atoms with Gasteiger partial charge in [0, 0.05) is 6.42 Å². The predicted octanol–water partition coefficient (Wildman–Crippen LogP) is 2.46. The van der Waals surface area contributed by atoms with Crippen LogP contribution >= 0.6 is 0 Å². The molecule has 21 heavy (non-hydrogen) atoms. The van der Waals surface area contributed by atoms with Crippen LogP contribution in [0.2, 0.25) is 0 Å². The van der Waals surface area contributed by atoms with E-state index in [1.54, 1.807) is 0 Å². The van der Waals surface area contributed by atoms with Crippen molar-refractivity contribution in [1.29, 1.82) is 0 Å². The summed E-state index contributed by atoms with van der Waals surface area (Å²) in [5, 5.41) is 5.46. The van der Waals surface area contributed by atoms with Crippen LogP contribution in [0.1, 0.15) is 19.8 Å². The van der Waals surface area contributed by atoms with Gasteiger partial charge in [0.25, 0.3) is 0 Å². The Kier molecular flexibility index (Phi) is 5.58. The van der Waals surface area contributed by atoms with E-state index >= 15 is 0 Å². The van der Waals surface area contributed by atoms with Crippen molar-refractivity contribution in [2.45, 2.75) is 25.8 Å². The molecule has 0 saturated carbocycles. The number of carbonyl (C=O) groups is 1. The Morgan fingerprint density at radius 2 is 2.00 bits per heavy atom. The lowest BCUT2D eigenvalue weighted by atomic mass is 10.1. The Balaban J connectivity index is 1.90. The molecule has 0 spiro atoms. The number of rotatable bonds is 8. The van der Waals surface area contributed by atoms with Gasteiger partial charge in [0.1, 0.15) is 5.75 Å². The van der Waals surface area contributed by atoms with E-state index in [-0.39, 0.29) is 11.9 Å². The zero-order valence-corrected chi connectivity index (χ0v) is 12.3. The van der Waals surface area contributed by atoms with Gasteiger partial charge < -0.3 is 15.8 Å². The molecule has 2 rings (SSSR count). The molecule has 0 heterocycles. The van der Waals surface area contributed by atoms with Crippen LogP contribution in [0.15, 0.2) is 42.5 Å². The summed E-state index contributed by atoms with van der Waals surface area (Å²) in [5.74, 6) is 0.484. The molecule has 0 aliphatic heterocycles. The Morgan fingerprint density at radius 3 is 2.71 bits per heavy atom. The van der Waals surface area contributed by atoms with Crippen LogP contribution < -0.4 is 15.8 Å². The summed E-state index contributed by atoms with van der Waals surface area (Å²) in [4.78, 5) is 11.3. The first kappa shape index (κ1) is 15.3. The van der Waals surface area contributed by atoms with Crippen molar-refractivity contribution in [3.05, 3.63) is 42.5 Å². The maximum Gasteiger partial charge on any atom is 0.234 e. The van der Waals surface area contributed by atoms with Gasteiger partial charge in [0.15, 0.2) is 0 Å². The summed E-state index contributed by atoms with van der Waals surface area (Å²) < 4.78 is 5.73. The van der Waals surface area contributed by atoms with E-state index in [9.17, 15) is 4.79 Å². The molecular weight excluding hydrogens is 264 g/mol. The topological polar surface area (TPSA) is 64.3 Å². The number of hydrogen-bond acceptors (Lipinski definition) is 3. The molecule has 3 N–H and O–H groups in total. The Labute approximate surface area is 125 Å². The van der Waals surface area contributed by atoms with E-state index in [1.807, 2.05) is 30.3 Å². The van der Waals surface area contributed by atoms with Gasteiger partial charge >= 0.3 is 0 Å². The summed E-state index contributed by atoms with van der Waals surface area (Å²) in [6, 6.07) is 13.8. The van der Waals surface area contributed by atoms with Crippen molar-refractivity contribution in [2.24, 2.45) is 5.73 Å². The van der Waals surface area contributed by atoms with E-state index in [0.29, 0.717) is 13.0 Å². The molecule has 112 valence electrons. The molecule has 1 amide bonds. The van der Waals surface area contributed by atoms with Gasteiger partial charge in [0.2, 0.25) is 5.91 Å². The van der Waals surface area contributed by atoms with E-state index < -0.39 is 0 Å². The second kappa shape index (κ2) is 7.64. The molecule has 0 aromatic heterocycles. The van der Waals surface area contributed by atoms with Crippen molar-refractivity contribution in [2.75, 3.05) is 13.2 Å². The summed E-state index contributed by atoms with van der Waals surface area (Å²) in [5.41, 5.74) is 5.37. The van der Waals surface area contributed by atoms with Crippen LogP contribution in [0.25, 0.3) is 10.8 Å². The molecule has 2 aromatic carbocycles. The number of primary amides is 1. The number of benzene rings is 2. The van der Waals surface area contributed by atoms with E-state index in [1.165, 1.54) is 5.39 Å². The van der Waals surface area contributed by atoms with Gasteiger partial charge in [0.05, 0.1) is 12.6 Å². The van der Waals surface area contributed by atoms with E-state index in [0.717, 1.165) is 24.1 Å². The van der Waals surface area contributed by atoms with Gasteiger partial charge in [-0.25, -0.2) is 0 Å². The lowest BCUT2D eigenvalue weighted by Crippen LogP contribution is -2.42. The molecule has 0 bridgehead atoms. The van der Waals surface area contributed by atoms with Crippen LogP contribution in [0.3, 0.4) is 0 Å². The first-order valence-electron chi connectivity index (χ1n) is 7.35. The molecule has 2 aromatic rings. The minimum absolute atomic E-state index is 0.328. The SMILES string of the molecule is CCCNC(CCOc1ccc2ccccc2c1)C(N)=O. The third kappa shape index (κ3) is 4.46. The Hall–Kier alpha value is -2.07. The van der Waals surface area contributed by atoms with Gasteiger partial charge in [-0.1, -0.05) is 37.3 Å². The number of fused-ring (bicyclic) bond motifs is 1. The maximum atomic E-state index is 11.3. The quantitative estimate of drug-likeness (QED) is 0.783. The molecule has 0 aliphatic rings. The molecule has 0 aliphatic carbocycles. The summed E-state index contributed by atoms with van der Waals surface area (Å²) in [6.45, 7) is 3.29. The third-order valence-corrected chi connectivity index (χ3v) is 3.38. The smallest absolute Gasteiger partial charge is 0.234 e. The van der Waals surface area contributed by atoms with Crippen molar-refractivity contribution in [3.8, 4) is 5.75 Å². The lowest BCUT2D eigenvalue weighted by molar-refractivity contribution is -0.120. The molecule has 4 heteroatoms. The van der Waals surface area contributed by atoms with E-state index in [4.69, 9.17) is 10.5 Å². The highest BCUT2D eigenvalue weighted by Gasteiger charge is 2.13. The van der Waals surface area contributed by atoms with Gasteiger partial charge in [-0.2, -0.15) is 0 Å². The van der Waals surface area contributed by atoms with Crippen LogP contribution in [0.4, 0.5) is 0 Å². The molecule has 0 fully saturated rings.